The Morgan fingerprint density at radius 1 is 0.826 bits per heavy atom. The number of halogens is 3. The molecule has 2 aromatic carbocycles. The van der Waals surface area contributed by atoms with Gasteiger partial charge in [-0.3, -0.25) is 14.4 Å². The fourth-order valence-corrected chi connectivity index (χ4v) is 4.74. The van der Waals surface area contributed by atoms with Gasteiger partial charge in [-0.05, 0) is 28.7 Å². The van der Waals surface area contributed by atoms with Crippen molar-refractivity contribution >= 4 is 35.3 Å². The summed E-state index contributed by atoms with van der Waals surface area (Å²) >= 11 is 0. The Kier molecular flexibility index (Phi) is 12.1. The Balaban J connectivity index is 1.87. The third kappa shape index (κ3) is 10.8. The summed E-state index contributed by atoms with van der Waals surface area (Å²) < 4.78 is 46.3. The van der Waals surface area contributed by atoms with E-state index in [2.05, 4.69) is 20.9 Å². The molecule has 0 aromatic heterocycles. The average Bonchev–Trinajstić information content (AvgIpc) is 2.99. The van der Waals surface area contributed by atoms with Gasteiger partial charge in [-0.15, -0.1) is 0 Å². The van der Waals surface area contributed by atoms with Gasteiger partial charge >= 0.3 is 12.2 Å². The van der Waals surface area contributed by atoms with Crippen molar-refractivity contribution in [3.05, 3.63) is 65.7 Å². The van der Waals surface area contributed by atoms with Crippen LogP contribution in [-0.2, 0) is 32.0 Å². The van der Waals surface area contributed by atoms with Crippen LogP contribution < -0.4 is 27.4 Å². The van der Waals surface area contributed by atoms with Crippen molar-refractivity contribution in [2.45, 2.75) is 57.9 Å². The number of carbonyl (C=O) groups excluding carboxylic acids is 4. The largest absolute Gasteiger partial charge is 0.452 e. The number of alkyl halides is 3. The van der Waals surface area contributed by atoms with Crippen LogP contribution >= 0.6 is 0 Å². The van der Waals surface area contributed by atoms with E-state index in [4.69, 9.17) is 16.2 Å². The summed E-state index contributed by atoms with van der Waals surface area (Å²) in [5.74, 6) is -4.11. The number of hydrogen-bond acceptors (Lipinski definition) is 6. The van der Waals surface area contributed by atoms with E-state index in [1.54, 1.807) is 51.1 Å². The first-order valence-electron chi connectivity index (χ1n) is 14.6. The summed E-state index contributed by atoms with van der Waals surface area (Å²) in [6.45, 7) is 6.51. The molecule has 0 spiro atoms. The normalized spacial score (nSPS) is 15.6. The third-order valence-corrected chi connectivity index (χ3v) is 7.16. The highest BCUT2D eigenvalue weighted by atomic mass is 19.4. The zero-order valence-corrected chi connectivity index (χ0v) is 25.9. The van der Waals surface area contributed by atoms with Gasteiger partial charge in [0.2, 0.25) is 11.8 Å². The fraction of sp³-hybridized carbons (Fsp3) is 0.452. The molecule has 0 bridgehead atoms. The predicted octanol–water partition coefficient (Wildman–Crippen LogP) is 1.93. The number of ketones is 1. The van der Waals surface area contributed by atoms with Crippen LogP contribution in [0.25, 0.3) is 0 Å². The van der Waals surface area contributed by atoms with E-state index in [-0.39, 0.29) is 12.4 Å². The number of hydrogen-bond donors (Lipinski definition) is 5. The van der Waals surface area contributed by atoms with Gasteiger partial charge in [0.15, 0.2) is 5.96 Å². The fourth-order valence-electron chi connectivity index (χ4n) is 4.74. The average molecular weight is 648 g/mol. The molecule has 250 valence electrons. The smallest absolute Gasteiger partial charge is 0.378 e. The van der Waals surface area contributed by atoms with Gasteiger partial charge in [0.25, 0.3) is 5.78 Å². The number of Topliss-reactive ketones (excluding diaryl/α,β-unsaturated/α-hetero) is 1. The van der Waals surface area contributed by atoms with Gasteiger partial charge < -0.3 is 37.1 Å². The number of aliphatic imine (C=N–C) groups is 1. The molecule has 1 aliphatic heterocycles. The van der Waals surface area contributed by atoms with Crippen LogP contribution in [0.4, 0.5) is 23.7 Å². The first-order valence-corrected chi connectivity index (χ1v) is 14.6. The Labute approximate surface area is 265 Å². The van der Waals surface area contributed by atoms with Gasteiger partial charge in [0.1, 0.15) is 18.1 Å². The molecule has 1 fully saturated rings. The van der Waals surface area contributed by atoms with Gasteiger partial charge in [-0.1, -0.05) is 63.2 Å². The number of guanidine groups is 1. The lowest BCUT2D eigenvalue weighted by Crippen LogP contribution is -2.61. The number of morpholine rings is 1. The number of benzene rings is 2. The van der Waals surface area contributed by atoms with Crippen LogP contribution in [0, 0.1) is 5.41 Å². The molecule has 4 amide bonds. The minimum Gasteiger partial charge on any atom is -0.378 e. The Bertz CT molecular complexity index is 1390. The van der Waals surface area contributed by atoms with E-state index in [0.717, 1.165) is 0 Å². The maximum absolute atomic E-state index is 13.7. The van der Waals surface area contributed by atoms with E-state index in [1.165, 1.54) is 29.2 Å². The van der Waals surface area contributed by atoms with Crippen LogP contribution in [0.2, 0.25) is 0 Å². The molecule has 1 unspecified atom stereocenters. The van der Waals surface area contributed by atoms with E-state index in [1.807, 2.05) is 0 Å². The Hall–Kier alpha value is -4.66. The summed E-state index contributed by atoms with van der Waals surface area (Å²) in [5, 5.41) is 7.55. The van der Waals surface area contributed by atoms with Crippen LogP contribution in [0.3, 0.4) is 0 Å². The molecular formula is C31H40F3N7O5. The molecule has 1 heterocycles. The molecule has 15 heteroatoms. The SMILES string of the molecule is CC(C)(C)[C@@H](NC(=O)N1CCOCC1)C(=O)N[C@@H](Cc1ccccc1)C(=O)NC(Cc1ccc(N=C(N)N)cc1)C(=O)C(F)(F)F. The molecule has 46 heavy (non-hydrogen) atoms. The van der Waals surface area contributed by atoms with Gasteiger partial charge in [-0.2, -0.15) is 13.2 Å². The van der Waals surface area contributed by atoms with Crippen LogP contribution in [0.1, 0.15) is 31.9 Å². The highest BCUT2D eigenvalue weighted by Gasteiger charge is 2.45. The van der Waals surface area contributed by atoms with Crippen LogP contribution in [0.5, 0.6) is 0 Å². The summed E-state index contributed by atoms with van der Waals surface area (Å²) in [7, 11) is 0. The standard InChI is InChI=1S/C31H40F3N7O5/c1-30(2,3)24(40-29(45)41-13-15-46-16-14-41)27(44)39-23(18-19-7-5-4-6-8-19)26(43)38-22(25(42)31(32,33)34)17-20-9-11-21(12-10-20)37-28(35)36/h4-12,22-24H,13-18H2,1-3H3,(H,38,43)(H,39,44)(H,40,45)(H4,35,36,37)/t22?,23-,24-/m0/s1. The van der Waals surface area contributed by atoms with Crippen molar-refractivity contribution < 1.29 is 37.1 Å². The maximum Gasteiger partial charge on any atom is 0.452 e. The highest BCUT2D eigenvalue weighted by Crippen LogP contribution is 2.23. The molecule has 3 rings (SSSR count). The number of ether oxygens (including phenoxy) is 1. The second-order valence-corrected chi connectivity index (χ2v) is 11.9. The van der Waals surface area contributed by atoms with Crippen LogP contribution in [-0.4, -0.2) is 85.1 Å². The van der Waals surface area contributed by atoms with E-state index >= 15 is 0 Å². The Morgan fingerprint density at radius 3 is 1.91 bits per heavy atom. The van der Waals surface area contributed by atoms with E-state index in [0.29, 0.717) is 43.1 Å². The lowest BCUT2D eigenvalue weighted by Gasteiger charge is -2.35. The first kappa shape index (κ1) is 35.8. The Morgan fingerprint density at radius 2 is 1.37 bits per heavy atom. The van der Waals surface area contributed by atoms with Crippen LogP contribution in [0.15, 0.2) is 59.6 Å². The van der Waals surface area contributed by atoms with Crippen molar-refractivity contribution in [2.24, 2.45) is 21.9 Å². The number of nitrogens with two attached hydrogens (primary N) is 2. The molecule has 2 aromatic rings. The van der Waals surface area contributed by atoms with Crippen molar-refractivity contribution in [3.63, 3.8) is 0 Å². The molecule has 3 atom stereocenters. The number of urea groups is 1. The summed E-state index contributed by atoms with van der Waals surface area (Å²) in [6.07, 6.45) is -5.86. The van der Waals surface area contributed by atoms with Crippen molar-refractivity contribution in [1.82, 2.24) is 20.9 Å². The first-order chi connectivity index (χ1) is 21.5. The lowest BCUT2D eigenvalue weighted by molar-refractivity contribution is -0.173. The minimum atomic E-state index is -5.25. The number of amides is 4. The highest BCUT2D eigenvalue weighted by molar-refractivity contribution is 5.96. The molecule has 1 aliphatic rings. The second-order valence-electron chi connectivity index (χ2n) is 11.9. The van der Waals surface area contributed by atoms with E-state index in [9.17, 15) is 32.3 Å². The van der Waals surface area contributed by atoms with Crippen molar-refractivity contribution in [2.75, 3.05) is 26.3 Å². The van der Waals surface area contributed by atoms with Gasteiger partial charge in [-0.25, -0.2) is 9.79 Å². The zero-order valence-electron chi connectivity index (χ0n) is 25.9. The molecule has 1 saturated heterocycles. The molecule has 0 aliphatic carbocycles. The summed E-state index contributed by atoms with van der Waals surface area (Å²) in [6, 6.07) is 9.25. The van der Waals surface area contributed by atoms with Gasteiger partial charge in [0, 0.05) is 25.9 Å². The summed E-state index contributed by atoms with van der Waals surface area (Å²) in [4.78, 5) is 58.1. The number of carbonyl (C=O) groups is 4. The topological polar surface area (TPSA) is 181 Å². The quantitative estimate of drug-likeness (QED) is 0.183. The van der Waals surface area contributed by atoms with E-state index < -0.39 is 59.8 Å². The lowest BCUT2D eigenvalue weighted by atomic mass is 9.86. The number of nitrogens with one attached hydrogen (secondary N) is 3. The predicted molar refractivity (Wildman–Crippen MR) is 165 cm³/mol. The van der Waals surface area contributed by atoms with Crippen molar-refractivity contribution in [3.8, 4) is 0 Å². The molecular weight excluding hydrogens is 607 g/mol. The number of rotatable bonds is 11. The number of nitrogens with zero attached hydrogens (tertiary/aromatic N) is 2. The van der Waals surface area contributed by atoms with Gasteiger partial charge in [0.05, 0.1) is 18.9 Å². The zero-order chi connectivity index (χ0) is 34.1. The minimum absolute atomic E-state index is 0.104. The third-order valence-electron chi connectivity index (χ3n) is 7.16. The molecule has 0 saturated carbocycles. The molecule has 12 nitrogen and oxygen atoms in total. The molecule has 7 N–H and O–H groups in total. The second kappa shape index (κ2) is 15.6. The monoisotopic (exact) mass is 647 g/mol. The summed E-state index contributed by atoms with van der Waals surface area (Å²) in [5.41, 5.74) is 11.1. The molecule has 0 radical (unpaired) electrons. The maximum atomic E-state index is 13.7. The van der Waals surface area contributed by atoms with Crippen molar-refractivity contribution in [1.29, 1.82) is 0 Å².